The van der Waals surface area contributed by atoms with Gasteiger partial charge in [0.15, 0.2) is 17.3 Å². The summed E-state index contributed by atoms with van der Waals surface area (Å²) in [6.07, 6.45) is 2.20. The number of carbonyl (C=O) groups excluding carboxylic acids is 2. The molecule has 2 unspecified atom stereocenters. The van der Waals surface area contributed by atoms with Gasteiger partial charge >= 0.3 is 0 Å². The Labute approximate surface area is 188 Å². The highest BCUT2D eigenvalue weighted by Gasteiger charge is 2.38. The number of allylic oxidation sites excluding steroid dienone is 2. The van der Waals surface area contributed by atoms with Gasteiger partial charge < -0.3 is 19.5 Å². The second-order valence-corrected chi connectivity index (χ2v) is 8.28. The molecule has 2 aromatic rings. The van der Waals surface area contributed by atoms with Crippen molar-refractivity contribution in [2.75, 3.05) is 21.3 Å². The first-order valence-electron chi connectivity index (χ1n) is 10.9. The van der Waals surface area contributed by atoms with Crippen LogP contribution in [-0.4, -0.2) is 33.0 Å². The quantitative estimate of drug-likeness (QED) is 0.733. The molecule has 0 saturated carbocycles. The van der Waals surface area contributed by atoms with Crippen molar-refractivity contribution in [2.24, 2.45) is 0 Å². The van der Waals surface area contributed by atoms with Gasteiger partial charge in [-0.2, -0.15) is 0 Å². The van der Waals surface area contributed by atoms with Gasteiger partial charge in [-0.15, -0.1) is 0 Å². The lowest BCUT2D eigenvalue weighted by Crippen LogP contribution is -2.38. The molecule has 1 heterocycles. The van der Waals surface area contributed by atoms with E-state index in [4.69, 9.17) is 14.2 Å². The number of rotatable bonds is 6. The minimum atomic E-state index is -0.196. The van der Waals surface area contributed by atoms with E-state index in [1.807, 2.05) is 24.3 Å². The zero-order valence-corrected chi connectivity index (χ0v) is 19.0. The lowest BCUT2D eigenvalue weighted by atomic mass is 9.73. The number of amides is 1. The van der Waals surface area contributed by atoms with Gasteiger partial charge in [0, 0.05) is 30.0 Å². The molecule has 0 saturated heterocycles. The lowest BCUT2D eigenvalue weighted by molar-refractivity contribution is -0.122. The molecular formula is C26H29NO5. The molecule has 168 valence electrons. The molecule has 0 bridgehead atoms. The number of ether oxygens (including phenoxy) is 3. The summed E-state index contributed by atoms with van der Waals surface area (Å²) < 4.78 is 16.4. The maximum atomic E-state index is 13.4. The van der Waals surface area contributed by atoms with Crippen molar-refractivity contribution in [1.29, 1.82) is 0 Å². The second-order valence-electron chi connectivity index (χ2n) is 8.28. The number of ketones is 1. The smallest absolute Gasteiger partial charge is 0.225 e. The van der Waals surface area contributed by atoms with E-state index in [-0.39, 0.29) is 23.5 Å². The summed E-state index contributed by atoms with van der Waals surface area (Å²) in [4.78, 5) is 25.9. The number of benzene rings is 2. The lowest BCUT2D eigenvalue weighted by Gasteiger charge is -2.34. The van der Waals surface area contributed by atoms with E-state index >= 15 is 0 Å². The molecule has 0 aromatic heterocycles. The van der Waals surface area contributed by atoms with Gasteiger partial charge in [-0.3, -0.25) is 9.59 Å². The molecule has 1 aliphatic carbocycles. The first-order valence-corrected chi connectivity index (χ1v) is 10.9. The fourth-order valence-electron chi connectivity index (χ4n) is 4.80. The minimum absolute atomic E-state index is 0.0494. The van der Waals surface area contributed by atoms with Crippen LogP contribution in [0.15, 0.2) is 47.7 Å². The van der Waals surface area contributed by atoms with Crippen molar-refractivity contribution in [1.82, 2.24) is 5.32 Å². The highest BCUT2D eigenvalue weighted by atomic mass is 16.5. The highest BCUT2D eigenvalue weighted by molar-refractivity contribution is 6.02. The Hall–Kier alpha value is -3.28. The summed E-state index contributed by atoms with van der Waals surface area (Å²) in [5, 5.41) is 2.98. The minimum Gasteiger partial charge on any atom is -0.493 e. The predicted molar refractivity (Wildman–Crippen MR) is 121 cm³/mol. The van der Waals surface area contributed by atoms with Crippen molar-refractivity contribution in [2.45, 2.75) is 44.4 Å². The van der Waals surface area contributed by atoms with Gasteiger partial charge in [0.2, 0.25) is 11.7 Å². The third-order valence-electron chi connectivity index (χ3n) is 6.48. The van der Waals surface area contributed by atoms with Crippen molar-refractivity contribution < 1.29 is 23.8 Å². The number of hydrogen-bond acceptors (Lipinski definition) is 5. The zero-order valence-electron chi connectivity index (χ0n) is 19.0. The molecule has 2 aliphatic rings. The monoisotopic (exact) mass is 435 g/mol. The molecule has 0 spiro atoms. The largest absolute Gasteiger partial charge is 0.493 e. The summed E-state index contributed by atoms with van der Waals surface area (Å²) in [5.41, 5.74) is 4.66. The normalized spacial score (nSPS) is 20.5. The molecule has 0 radical (unpaired) electrons. The number of Topliss-reactive ketones (excluding diaryl/α,β-unsaturated/α-hetero) is 1. The Morgan fingerprint density at radius 2 is 1.53 bits per heavy atom. The van der Waals surface area contributed by atoms with Crippen LogP contribution in [-0.2, 0) is 16.0 Å². The molecular weight excluding hydrogens is 406 g/mol. The summed E-state index contributed by atoms with van der Waals surface area (Å²) in [6.45, 7) is 2.11. The number of nitrogens with one attached hydrogen (secondary N) is 1. The van der Waals surface area contributed by atoms with Crippen LogP contribution in [0, 0.1) is 0 Å². The number of hydrogen-bond donors (Lipinski definition) is 1. The van der Waals surface area contributed by atoms with Crippen LogP contribution in [0.2, 0.25) is 0 Å². The first kappa shape index (κ1) is 21.9. The third kappa shape index (κ3) is 3.97. The summed E-state index contributed by atoms with van der Waals surface area (Å²) in [7, 11) is 4.71. The summed E-state index contributed by atoms with van der Waals surface area (Å²) in [6, 6.07) is 12.0. The van der Waals surface area contributed by atoms with Crippen LogP contribution >= 0.6 is 0 Å². The Morgan fingerprint density at radius 3 is 2.09 bits per heavy atom. The average Bonchev–Trinajstić information content (AvgIpc) is 2.82. The van der Waals surface area contributed by atoms with Crippen LogP contribution in [0.5, 0.6) is 17.2 Å². The van der Waals surface area contributed by atoms with Crippen LogP contribution < -0.4 is 19.5 Å². The Bertz CT molecular complexity index is 1050. The van der Waals surface area contributed by atoms with E-state index in [1.165, 1.54) is 5.56 Å². The first-order chi connectivity index (χ1) is 15.5. The van der Waals surface area contributed by atoms with Crippen molar-refractivity contribution in [3.05, 3.63) is 64.4 Å². The van der Waals surface area contributed by atoms with Gasteiger partial charge in [-0.25, -0.2) is 0 Å². The third-order valence-corrected chi connectivity index (χ3v) is 6.48. The van der Waals surface area contributed by atoms with E-state index in [9.17, 15) is 9.59 Å². The Morgan fingerprint density at radius 1 is 0.875 bits per heavy atom. The second kappa shape index (κ2) is 9.07. The molecule has 1 N–H and O–H groups in total. The van der Waals surface area contributed by atoms with Crippen LogP contribution in [0.3, 0.4) is 0 Å². The Kier molecular flexibility index (Phi) is 6.21. The average molecular weight is 436 g/mol. The van der Waals surface area contributed by atoms with Gasteiger partial charge in [0.25, 0.3) is 0 Å². The Balaban J connectivity index is 1.70. The van der Waals surface area contributed by atoms with E-state index in [1.54, 1.807) is 21.3 Å². The van der Waals surface area contributed by atoms with Gasteiger partial charge in [0.1, 0.15) is 0 Å². The maximum Gasteiger partial charge on any atom is 0.225 e. The molecule has 2 aromatic carbocycles. The molecule has 1 aliphatic heterocycles. The zero-order chi connectivity index (χ0) is 22.8. The van der Waals surface area contributed by atoms with Crippen molar-refractivity contribution in [3.8, 4) is 17.2 Å². The van der Waals surface area contributed by atoms with Crippen molar-refractivity contribution in [3.63, 3.8) is 0 Å². The molecule has 4 rings (SSSR count). The molecule has 2 atom stereocenters. The fourth-order valence-corrected chi connectivity index (χ4v) is 4.80. The number of methoxy groups -OCH3 is 3. The highest BCUT2D eigenvalue weighted by Crippen LogP contribution is 2.46. The molecule has 1 amide bonds. The molecule has 0 fully saturated rings. The van der Waals surface area contributed by atoms with Crippen molar-refractivity contribution >= 4 is 11.7 Å². The van der Waals surface area contributed by atoms with E-state index < -0.39 is 0 Å². The fraction of sp³-hybridized carbons (Fsp3) is 0.385. The number of carbonyl (C=O) groups is 2. The van der Waals surface area contributed by atoms with Gasteiger partial charge in [0.05, 0.1) is 21.3 Å². The molecule has 6 nitrogen and oxygen atoms in total. The van der Waals surface area contributed by atoms with E-state index in [2.05, 4.69) is 24.4 Å². The maximum absolute atomic E-state index is 13.4. The van der Waals surface area contributed by atoms with Gasteiger partial charge in [-0.1, -0.05) is 31.2 Å². The SMILES string of the molecule is CCc1ccc(C2CC(=O)NC3=C2C(=O)CC(c2cc(OC)c(OC)c(OC)c2)C3)cc1. The summed E-state index contributed by atoms with van der Waals surface area (Å²) in [5.74, 6) is 1.37. The molecule has 32 heavy (non-hydrogen) atoms. The van der Waals surface area contributed by atoms with Crippen LogP contribution in [0.4, 0.5) is 0 Å². The standard InChI is InChI=1S/C26H29NO5/c1-5-15-6-8-16(9-7-15)19-14-24(29)27-20-10-17(11-21(28)25(19)20)18-12-22(30-2)26(32-4)23(13-18)31-3/h6-9,12-13,17,19H,5,10-11,14H2,1-4H3,(H,27,29). The van der Waals surface area contributed by atoms with E-state index in [0.29, 0.717) is 36.5 Å². The van der Waals surface area contributed by atoms with Crippen LogP contribution in [0.1, 0.15) is 54.7 Å². The predicted octanol–water partition coefficient (Wildman–Crippen LogP) is 4.28. The van der Waals surface area contributed by atoms with Gasteiger partial charge in [-0.05, 0) is 47.6 Å². The van der Waals surface area contributed by atoms with E-state index in [0.717, 1.165) is 28.8 Å². The topological polar surface area (TPSA) is 73.9 Å². The summed E-state index contributed by atoms with van der Waals surface area (Å²) >= 11 is 0. The number of aryl methyl sites for hydroxylation is 1. The van der Waals surface area contributed by atoms with Crippen LogP contribution in [0.25, 0.3) is 0 Å². The molecule has 6 heteroatoms.